The van der Waals surface area contributed by atoms with E-state index in [0.29, 0.717) is 34.6 Å². The molecule has 2 heterocycles. The van der Waals surface area contributed by atoms with Crippen LogP contribution in [0.25, 0.3) is 0 Å². The van der Waals surface area contributed by atoms with Crippen molar-refractivity contribution in [1.29, 1.82) is 0 Å². The third-order valence-corrected chi connectivity index (χ3v) is 5.85. The summed E-state index contributed by atoms with van der Waals surface area (Å²) in [4.78, 5) is 19.2. The highest BCUT2D eigenvalue weighted by molar-refractivity contribution is 6.39. The van der Waals surface area contributed by atoms with Gasteiger partial charge in [0.1, 0.15) is 5.82 Å². The zero-order chi connectivity index (χ0) is 17.4. The first-order chi connectivity index (χ1) is 12.1. The number of benzene rings is 1. The highest BCUT2D eigenvalue weighted by Gasteiger charge is 2.30. The quantitative estimate of drug-likeness (QED) is 0.779. The van der Waals surface area contributed by atoms with Gasteiger partial charge in [0.25, 0.3) is 5.91 Å². The number of carbonyl (C=O) groups is 1. The topological polar surface area (TPSA) is 38.1 Å². The average molecular weight is 378 g/mol. The Balaban J connectivity index is 1.43. The Kier molecular flexibility index (Phi) is 4.74. The molecule has 1 aliphatic carbocycles. The van der Waals surface area contributed by atoms with Crippen molar-refractivity contribution in [2.75, 3.05) is 13.1 Å². The fraction of sp³-hybridized carbons (Fsp3) is 0.474. The summed E-state index contributed by atoms with van der Waals surface area (Å²) in [5.41, 5.74) is 0.416. The van der Waals surface area contributed by atoms with E-state index in [1.54, 1.807) is 18.2 Å². The zero-order valence-corrected chi connectivity index (χ0v) is 15.5. The van der Waals surface area contributed by atoms with Gasteiger partial charge in [-0.1, -0.05) is 29.3 Å². The predicted octanol–water partition coefficient (Wildman–Crippen LogP) is 4.62. The van der Waals surface area contributed by atoms with E-state index in [2.05, 4.69) is 15.7 Å². The standard InChI is InChI=1S/C19H21Cl2N3O/c20-15-2-1-3-16(21)17(15)19(25)23-9-6-14(7-10-23)18-22-8-11-24(18)12-13-4-5-13/h1-3,8,11,13-14H,4-7,9-10,12H2. The van der Waals surface area contributed by atoms with E-state index >= 15 is 0 Å². The van der Waals surface area contributed by atoms with E-state index in [1.165, 1.54) is 18.7 Å². The van der Waals surface area contributed by atoms with Crippen LogP contribution >= 0.6 is 23.2 Å². The Hall–Kier alpha value is -1.52. The SMILES string of the molecule is O=C(c1c(Cl)cccc1Cl)N1CCC(c2nccn2CC2CC2)CC1. The van der Waals surface area contributed by atoms with Crippen molar-refractivity contribution in [3.63, 3.8) is 0 Å². The van der Waals surface area contributed by atoms with Gasteiger partial charge in [-0.15, -0.1) is 0 Å². The summed E-state index contributed by atoms with van der Waals surface area (Å²) in [6.07, 6.45) is 8.52. The zero-order valence-electron chi connectivity index (χ0n) is 14.0. The molecule has 0 bridgehead atoms. The number of hydrogen-bond donors (Lipinski definition) is 0. The number of imidazole rings is 1. The predicted molar refractivity (Wildman–Crippen MR) is 99.3 cm³/mol. The molecule has 1 saturated heterocycles. The first-order valence-electron chi connectivity index (χ1n) is 8.88. The molecule has 0 spiro atoms. The third kappa shape index (κ3) is 3.56. The van der Waals surface area contributed by atoms with E-state index in [0.717, 1.165) is 25.3 Å². The molecule has 1 amide bonds. The number of hydrogen-bond acceptors (Lipinski definition) is 2. The molecule has 2 aliphatic rings. The van der Waals surface area contributed by atoms with Crippen LogP contribution in [0, 0.1) is 5.92 Å². The van der Waals surface area contributed by atoms with Crippen molar-refractivity contribution in [2.45, 2.75) is 38.1 Å². The molecular weight excluding hydrogens is 357 g/mol. The monoisotopic (exact) mass is 377 g/mol. The summed E-state index contributed by atoms with van der Waals surface area (Å²) in [7, 11) is 0. The largest absolute Gasteiger partial charge is 0.339 e. The summed E-state index contributed by atoms with van der Waals surface area (Å²) in [5, 5.41) is 0.833. The van der Waals surface area contributed by atoms with Crippen LogP contribution in [0.4, 0.5) is 0 Å². The molecule has 4 nitrogen and oxygen atoms in total. The van der Waals surface area contributed by atoms with Crippen molar-refractivity contribution >= 4 is 29.1 Å². The molecule has 25 heavy (non-hydrogen) atoms. The molecular formula is C19H21Cl2N3O. The minimum absolute atomic E-state index is 0.0737. The Morgan fingerprint density at radius 3 is 2.44 bits per heavy atom. The number of rotatable bonds is 4. The number of carbonyl (C=O) groups excluding carboxylic acids is 1. The van der Waals surface area contributed by atoms with E-state index in [9.17, 15) is 4.79 Å². The van der Waals surface area contributed by atoms with Gasteiger partial charge in [-0.3, -0.25) is 4.79 Å². The lowest BCUT2D eigenvalue weighted by Gasteiger charge is -2.32. The van der Waals surface area contributed by atoms with E-state index in [4.69, 9.17) is 23.2 Å². The van der Waals surface area contributed by atoms with Crippen LogP contribution in [-0.2, 0) is 6.54 Å². The van der Waals surface area contributed by atoms with Crippen molar-refractivity contribution < 1.29 is 4.79 Å². The minimum atomic E-state index is -0.0737. The maximum Gasteiger partial charge on any atom is 0.256 e. The van der Waals surface area contributed by atoms with Crippen molar-refractivity contribution in [1.82, 2.24) is 14.5 Å². The van der Waals surface area contributed by atoms with Crippen LogP contribution in [-0.4, -0.2) is 33.4 Å². The van der Waals surface area contributed by atoms with Gasteiger partial charge in [0.2, 0.25) is 0 Å². The maximum atomic E-state index is 12.8. The summed E-state index contributed by atoms with van der Waals surface area (Å²) in [5.74, 6) is 2.35. The molecule has 132 valence electrons. The van der Waals surface area contributed by atoms with Crippen molar-refractivity contribution in [2.24, 2.45) is 5.92 Å². The van der Waals surface area contributed by atoms with Crippen LogP contribution in [0.1, 0.15) is 47.8 Å². The minimum Gasteiger partial charge on any atom is -0.339 e. The average Bonchev–Trinajstić information content (AvgIpc) is 3.30. The Morgan fingerprint density at radius 2 is 1.80 bits per heavy atom. The van der Waals surface area contributed by atoms with Gasteiger partial charge < -0.3 is 9.47 Å². The Labute approximate surface area is 157 Å². The van der Waals surface area contributed by atoms with Crippen LogP contribution in [0.3, 0.4) is 0 Å². The highest BCUT2D eigenvalue weighted by atomic mass is 35.5. The second kappa shape index (κ2) is 7.00. The summed E-state index contributed by atoms with van der Waals surface area (Å²) < 4.78 is 2.31. The van der Waals surface area contributed by atoms with Gasteiger partial charge in [-0.25, -0.2) is 4.98 Å². The number of piperidine rings is 1. The molecule has 1 aromatic carbocycles. The second-order valence-electron chi connectivity index (χ2n) is 7.04. The molecule has 1 aliphatic heterocycles. The van der Waals surface area contributed by atoms with Crippen molar-refractivity contribution in [3.8, 4) is 0 Å². The third-order valence-electron chi connectivity index (χ3n) is 5.22. The maximum absolute atomic E-state index is 12.8. The van der Waals surface area contributed by atoms with Crippen LogP contribution < -0.4 is 0 Å². The molecule has 0 unspecified atom stereocenters. The Bertz CT molecular complexity index is 756. The van der Waals surface area contributed by atoms with Gasteiger partial charge in [0, 0.05) is 37.9 Å². The number of likely N-dealkylation sites (tertiary alicyclic amines) is 1. The summed E-state index contributed by atoms with van der Waals surface area (Å²) >= 11 is 12.4. The molecule has 1 saturated carbocycles. The molecule has 1 aromatic heterocycles. The number of halogens is 2. The first kappa shape index (κ1) is 16.9. The van der Waals surface area contributed by atoms with Gasteiger partial charge in [-0.05, 0) is 43.7 Å². The fourth-order valence-corrected chi connectivity index (χ4v) is 4.17. The summed E-state index contributed by atoms with van der Waals surface area (Å²) in [6.45, 7) is 2.51. The Morgan fingerprint density at radius 1 is 1.12 bits per heavy atom. The second-order valence-corrected chi connectivity index (χ2v) is 7.86. The molecule has 4 rings (SSSR count). The molecule has 0 N–H and O–H groups in total. The number of amides is 1. The molecule has 0 radical (unpaired) electrons. The molecule has 0 atom stereocenters. The lowest BCUT2D eigenvalue weighted by Crippen LogP contribution is -2.38. The van der Waals surface area contributed by atoms with Crippen LogP contribution in [0.15, 0.2) is 30.6 Å². The molecule has 2 fully saturated rings. The fourth-order valence-electron chi connectivity index (χ4n) is 3.61. The first-order valence-corrected chi connectivity index (χ1v) is 9.63. The van der Waals surface area contributed by atoms with Crippen LogP contribution in [0.5, 0.6) is 0 Å². The molecule has 2 aromatic rings. The lowest BCUT2D eigenvalue weighted by atomic mass is 9.95. The van der Waals surface area contributed by atoms with Crippen molar-refractivity contribution in [3.05, 3.63) is 52.0 Å². The number of aromatic nitrogens is 2. The van der Waals surface area contributed by atoms with Gasteiger partial charge in [0.15, 0.2) is 0 Å². The van der Waals surface area contributed by atoms with E-state index in [-0.39, 0.29) is 5.91 Å². The van der Waals surface area contributed by atoms with E-state index < -0.39 is 0 Å². The summed E-state index contributed by atoms with van der Waals surface area (Å²) in [6, 6.07) is 5.18. The van der Waals surface area contributed by atoms with Gasteiger partial charge in [-0.2, -0.15) is 0 Å². The normalized spacial score (nSPS) is 18.6. The van der Waals surface area contributed by atoms with Gasteiger partial charge >= 0.3 is 0 Å². The smallest absolute Gasteiger partial charge is 0.256 e. The van der Waals surface area contributed by atoms with Crippen LogP contribution in [0.2, 0.25) is 10.0 Å². The van der Waals surface area contributed by atoms with E-state index in [1.807, 2.05) is 11.1 Å². The lowest BCUT2D eigenvalue weighted by molar-refractivity contribution is 0.0710. The highest BCUT2D eigenvalue weighted by Crippen LogP contribution is 2.34. The van der Waals surface area contributed by atoms with Gasteiger partial charge in [0.05, 0.1) is 15.6 Å². The molecule has 6 heteroatoms. The number of nitrogens with zero attached hydrogens (tertiary/aromatic N) is 3.